The summed E-state index contributed by atoms with van der Waals surface area (Å²) in [6, 6.07) is 5.21. The van der Waals surface area contributed by atoms with Crippen LogP contribution < -0.4 is 5.32 Å². The Kier molecular flexibility index (Phi) is 3.32. The lowest BCUT2D eigenvalue weighted by atomic mass is 10.1. The molecule has 4 amide bonds. The molecule has 1 aromatic rings. The number of benzene rings is 1. The van der Waals surface area contributed by atoms with Crippen molar-refractivity contribution in [1.29, 1.82) is 0 Å². The Morgan fingerprint density at radius 3 is 2.38 bits per heavy atom. The van der Waals surface area contributed by atoms with Crippen LogP contribution in [0.5, 0.6) is 0 Å². The molecule has 0 unspecified atom stereocenters. The molecule has 1 N–H and O–H groups in total. The summed E-state index contributed by atoms with van der Waals surface area (Å²) in [5, 5.41) is 2.47. The molecule has 110 valence electrons. The fraction of sp³-hybridized carbons (Fsp3) is 0.357. The maximum atomic E-state index is 13.4. The van der Waals surface area contributed by atoms with Crippen LogP contribution in [-0.4, -0.2) is 46.8 Å². The van der Waals surface area contributed by atoms with Crippen LogP contribution in [0.4, 0.5) is 14.9 Å². The number of nitrogens with zero attached hydrogens (tertiary/aromatic N) is 2. The van der Waals surface area contributed by atoms with Crippen molar-refractivity contribution in [2.45, 2.75) is 18.9 Å². The molecule has 0 bridgehead atoms. The number of rotatable bonds is 2. The predicted molar refractivity (Wildman–Crippen MR) is 71.9 cm³/mol. The van der Waals surface area contributed by atoms with Gasteiger partial charge in [-0.15, -0.1) is 0 Å². The van der Waals surface area contributed by atoms with E-state index in [4.69, 9.17) is 0 Å². The molecule has 2 aliphatic rings. The summed E-state index contributed by atoms with van der Waals surface area (Å²) in [7, 11) is 0. The quantitative estimate of drug-likeness (QED) is 0.832. The minimum Gasteiger partial charge on any atom is -0.320 e. The van der Waals surface area contributed by atoms with Gasteiger partial charge in [0.1, 0.15) is 5.82 Å². The van der Waals surface area contributed by atoms with E-state index in [-0.39, 0.29) is 49.5 Å². The lowest BCUT2D eigenvalue weighted by Gasteiger charge is -2.42. The summed E-state index contributed by atoms with van der Waals surface area (Å²) in [5.74, 6) is -0.869. The Hall–Kier alpha value is -2.44. The highest BCUT2D eigenvalue weighted by Crippen LogP contribution is 2.23. The number of para-hydroxylation sites is 1. The second-order valence-corrected chi connectivity index (χ2v) is 5.13. The third-order valence-electron chi connectivity index (χ3n) is 3.72. The van der Waals surface area contributed by atoms with Gasteiger partial charge in [-0.25, -0.2) is 9.18 Å². The Labute approximate surface area is 120 Å². The van der Waals surface area contributed by atoms with Crippen LogP contribution in [0.2, 0.25) is 0 Å². The number of imide groups is 1. The molecule has 0 spiro atoms. The summed E-state index contributed by atoms with van der Waals surface area (Å²) < 4.78 is 13.4. The zero-order valence-electron chi connectivity index (χ0n) is 11.2. The van der Waals surface area contributed by atoms with Crippen molar-refractivity contribution in [3.63, 3.8) is 0 Å². The maximum absolute atomic E-state index is 13.4. The van der Waals surface area contributed by atoms with Gasteiger partial charge in [0.25, 0.3) is 0 Å². The van der Waals surface area contributed by atoms with Gasteiger partial charge in [-0.05, 0) is 12.1 Å². The molecule has 21 heavy (non-hydrogen) atoms. The summed E-state index contributed by atoms with van der Waals surface area (Å²) in [6.45, 7) is 0.579. The molecule has 1 aromatic carbocycles. The summed E-state index contributed by atoms with van der Waals surface area (Å²) in [5.41, 5.74) is 0.110. The fourth-order valence-electron chi connectivity index (χ4n) is 2.54. The van der Waals surface area contributed by atoms with Crippen LogP contribution in [0, 0.1) is 5.82 Å². The number of amides is 4. The van der Waals surface area contributed by atoms with E-state index in [1.807, 2.05) is 0 Å². The lowest BCUT2D eigenvalue weighted by molar-refractivity contribution is -0.144. The van der Waals surface area contributed by atoms with Gasteiger partial charge in [0, 0.05) is 25.9 Å². The predicted octanol–water partition coefficient (Wildman–Crippen LogP) is 1.19. The molecule has 0 radical (unpaired) electrons. The van der Waals surface area contributed by atoms with E-state index < -0.39 is 11.8 Å². The van der Waals surface area contributed by atoms with E-state index in [0.717, 1.165) is 0 Å². The molecule has 2 heterocycles. The normalized spacial score (nSPS) is 18.9. The molecule has 0 atom stereocenters. The smallest absolute Gasteiger partial charge is 0.320 e. The van der Waals surface area contributed by atoms with E-state index >= 15 is 0 Å². The SMILES string of the molecule is O=C(Nc1ccccc1F)N1CC(N2C(=O)CCC2=O)C1. The first kappa shape index (κ1) is 13.5. The number of carbonyl (C=O) groups is 3. The molecular weight excluding hydrogens is 277 g/mol. The van der Waals surface area contributed by atoms with Crippen molar-refractivity contribution in [2.24, 2.45) is 0 Å². The summed E-state index contributed by atoms with van der Waals surface area (Å²) in [4.78, 5) is 37.7. The van der Waals surface area contributed by atoms with Crippen molar-refractivity contribution in [1.82, 2.24) is 9.80 Å². The maximum Gasteiger partial charge on any atom is 0.322 e. The zero-order chi connectivity index (χ0) is 15.0. The second-order valence-electron chi connectivity index (χ2n) is 5.13. The number of anilines is 1. The van der Waals surface area contributed by atoms with Crippen molar-refractivity contribution >= 4 is 23.5 Å². The van der Waals surface area contributed by atoms with E-state index in [0.29, 0.717) is 0 Å². The summed E-state index contributed by atoms with van der Waals surface area (Å²) >= 11 is 0. The van der Waals surface area contributed by atoms with Gasteiger partial charge in [-0.3, -0.25) is 14.5 Å². The van der Waals surface area contributed by atoms with Gasteiger partial charge < -0.3 is 10.2 Å². The number of carbonyl (C=O) groups excluding carboxylic acids is 3. The largest absolute Gasteiger partial charge is 0.322 e. The summed E-state index contributed by atoms with van der Waals surface area (Å²) in [6.07, 6.45) is 0.494. The van der Waals surface area contributed by atoms with Gasteiger partial charge in [0.2, 0.25) is 11.8 Å². The molecule has 2 fully saturated rings. The van der Waals surface area contributed by atoms with Gasteiger partial charge in [0.15, 0.2) is 0 Å². The number of hydrogen-bond donors (Lipinski definition) is 1. The molecule has 0 aromatic heterocycles. The zero-order valence-corrected chi connectivity index (χ0v) is 11.2. The van der Waals surface area contributed by atoms with E-state index in [1.165, 1.54) is 28.0 Å². The highest BCUT2D eigenvalue weighted by molar-refractivity contribution is 6.02. The third kappa shape index (κ3) is 2.46. The van der Waals surface area contributed by atoms with Crippen molar-refractivity contribution in [2.75, 3.05) is 18.4 Å². The Balaban J connectivity index is 1.57. The molecule has 6 nitrogen and oxygen atoms in total. The van der Waals surface area contributed by atoms with Crippen LogP contribution in [0.15, 0.2) is 24.3 Å². The molecule has 2 saturated heterocycles. The van der Waals surface area contributed by atoms with Crippen LogP contribution in [0.3, 0.4) is 0 Å². The van der Waals surface area contributed by atoms with Gasteiger partial charge in [-0.2, -0.15) is 0 Å². The van der Waals surface area contributed by atoms with Crippen molar-refractivity contribution < 1.29 is 18.8 Å². The Morgan fingerprint density at radius 1 is 1.14 bits per heavy atom. The van der Waals surface area contributed by atoms with Gasteiger partial charge in [0.05, 0.1) is 11.7 Å². The molecular formula is C14H14FN3O3. The van der Waals surface area contributed by atoms with Gasteiger partial charge in [-0.1, -0.05) is 12.1 Å². The number of urea groups is 1. The lowest BCUT2D eigenvalue weighted by Crippen LogP contribution is -2.63. The molecule has 0 saturated carbocycles. The molecule has 7 heteroatoms. The molecule has 2 aliphatic heterocycles. The van der Waals surface area contributed by atoms with E-state index in [2.05, 4.69) is 5.32 Å². The fourth-order valence-corrected chi connectivity index (χ4v) is 2.54. The van der Waals surface area contributed by atoms with Crippen LogP contribution in [0.25, 0.3) is 0 Å². The standard InChI is InChI=1S/C14H14FN3O3/c15-10-3-1-2-4-11(10)16-14(21)17-7-9(8-17)18-12(19)5-6-13(18)20/h1-4,9H,5-8H2,(H,16,21). The minimum atomic E-state index is -0.507. The first-order valence-corrected chi connectivity index (χ1v) is 6.71. The average molecular weight is 291 g/mol. The number of halogens is 1. The second kappa shape index (κ2) is 5.16. The Bertz CT molecular complexity index is 597. The third-order valence-corrected chi connectivity index (χ3v) is 3.72. The molecule has 3 rings (SSSR count). The van der Waals surface area contributed by atoms with Crippen LogP contribution >= 0.6 is 0 Å². The van der Waals surface area contributed by atoms with Crippen LogP contribution in [0.1, 0.15) is 12.8 Å². The minimum absolute atomic E-state index is 0.110. The molecule has 0 aliphatic carbocycles. The van der Waals surface area contributed by atoms with Gasteiger partial charge >= 0.3 is 6.03 Å². The van der Waals surface area contributed by atoms with E-state index in [1.54, 1.807) is 6.07 Å². The first-order valence-electron chi connectivity index (χ1n) is 6.71. The van der Waals surface area contributed by atoms with Crippen molar-refractivity contribution in [3.8, 4) is 0 Å². The van der Waals surface area contributed by atoms with Crippen molar-refractivity contribution in [3.05, 3.63) is 30.1 Å². The monoisotopic (exact) mass is 291 g/mol. The number of nitrogens with one attached hydrogen (secondary N) is 1. The Morgan fingerprint density at radius 2 is 1.76 bits per heavy atom. The highest BCUT2D eigenvalue weighted by atomic mass is 19.1. The highest BCUT2D eigenvalue weighted by Gasteiger charge is 2.42. The topological polar surface area (TPSA) is 69.7 Å². The number of likely N-dealkylation sites (tertiary alicyclic amines) is 2. The van der Waals surface area contributed by atoms with Crippen LogP contribution in [-0.2, 0) is 9.59 Å². The first-order chi connectivity index (χ1) is 10.1. The van der Waals surface area contributed by atoms with E-state index in [9.17, 15) is 18.8 Å². The average Bonchev–Trinajstić information content (AvgIpc) is 2.72. The number of hydrogen-bond acceptors (Lipinski definition) is 3.